The van der Waals surface area contributed by atoms with Gasteiger partial charge >= 0.3 is 0 Å². The predicted octanol–water partition coefficient (Wildman–Crippen LogP) is 3.81. The first-order valence-corrected chi connectivity index (χ1v) is 9.75. The Labute approximate surface area is 160 Å². The number of halogens is 1. The Balaban J connectivity index is 1.64. The molecule has 1 aromatic carbocycles. The number of rotatable bonds is 6. The molecule has 0 bridgehead atoms. The molecule has 0 aliphatic carbocycles. The second-order valence-electron chi connectivity index (χ2n) is 6.48. The van der Waals surface area contributed by atoms with Crippen LogP contribution in [-0.2, 0) is 11.3 Å². The van der Waals surface area contributed by atoms with Gasteiger partial charge in [0, 0.05) is 19.1 Å². The molecule has 7 nitrogen and oxygen atoms in total. The Morgan fingerprint density at radius 2 is 2.04 bits per heavy atom. The van der Waals surface area contributed by atoms with E-state index in [1.54, 1.807) is 19.1 Å². The Bertz CT molecular complexity index is 905. The summed E-state index contributed by atoms with van der Waals surface area (Å²) in [5, 5.41) is 17.4. The zero-order valence-electron chi connectivity index (χ0n) is 15.1. The average Bonchev–Trinajstić information content (AvgIpc) is 3.39. The molecule has 142 valence electrons. The van der Waals surface area contributed by atoms with Gasteiger partial charge in [-0.25, -0.2) is 4.39 Å². The fourth-order valence-corrected chi connectivity index (χ4v) is 3.92. The van der Waals surface area contributed by atoms with Gasteiger partial charge in [-0.2, -0.15) is 0 Å². The lowest BCUT2D eigenvalue weighted by molar-refractivity contribution is 0.0953. The predicted molar refractivity (Wildman–Crippen MR) is 97.7 cm³/mol. The molecule has 1 fully saturated rings. The number of ether oxygens (including phenoxy) is 1. The number of thioether (sulfide) groups is 1. The molecule has 3 aromatic rings. The van der Waals surface area contributed by atoms with Gasteiger partial charge in [-0.1, -0.05) is 11.8 Å². The summed E-state index contributed by atoms with van der Waals surface area (Å²) < 4.78 is 26.7. The highest BCUT2D eigenvalue weighted by molar-refractivity contribution is 7.99. The van der Waals surface area contributed by atoms with Crippen molar-refractivity contribution < 1.29 is 13.5 Å². The van der Waals surface area contributed by atoms with Crippen molar-refractivity contribution in [2.45, 2.75) is 49.7 Å². The molecule has 2 aromatic heterocycles. The molecule has 9 heteroatoms. The Kier molecular flexibility index (Phi) is 5.22. The molecule has 3 heterocycles. The molecule has 1 saturated heterocycles. The highest BCUT2D eigenvalue weighted by Gasteiger charge is 2.24. The largest absolute Gasteiger partial charge is 0.424 e. The van der Waals surface area contributed by atoms with Gasteiger partial charge in [-0.05, 0) is 44.0 Å². The zero-order valence-corrected chi connectivity index (χ0v) is 15.9. The van der Waals surface area contributed by atoms with E-state index in [0.29, 0.717) is 24.2 Å². The molecular weight excluding hydrogens is 369 g/mol. The Morgan fingerprint density at radius 3 is 2.70 bits per heavy atom. The second-order valence-corrected chi connectivity index (χ2v) is 7.79. The van der Waals surface area contributed by atoms with E-state index in [4.69, 9.17) is 9.15 Å². The summed E-state index contributed by atoms with van der Waals surface area (Å²) in [7, 11) is 0. The highest BCUT2D eigenvalue weighted by Crippen LogP contribution is 2.35. The third kappa shape index (κ3) is 4.03. The third-order valence-corrected chi connectivity index (χ3v) is 5.47. The number of benzene rings is 1. The molecule has 1 aliphatic rings. The van der Waals surface area contributed by atoms with E-state index < -0.39 is 0 Å². The quantitative estimate of drug-likeness (QED) is 0.593. The lowest BCUT2D eigenvalue weighted by atomic mass is 10.2. The minimum atomic E-state index is -0.279. The number of nitrogens with zero attached hydrogens (tertiary/aromatic N) is 5. The fourth-order valence-electron chi connectivity index (χ4n) is 3.03. The SMILES string of the molecule is Cc1nnc([C@@H](C)Sc2nnc(-c3ccc(F)cc3)n2C[C@@H]2CCCO2)o1. The van der Waals surface area contributed by atoms with Crippen molar-refractivity contribution in [1.82, 2.24) is 25.0 Å². The van der Waals surface area contributed by atoms with Gasteiger partial charge in [0.2, 0.25) is 11.8 Å². The van der Waals surface area contributed by atoms with Crippen LogP contribution in [0.1, 0.15) is 36.8 Å². The van der Waals surface area contributed by atoms with Crippen molar-refractivity contribution in [3.63, 3.8) is 0 Å². The number of hydrogen-bond donors (Lipinski definition) is 0. The van der Waals surface area contributed by atoms with Crippen LogP contribution in [-0.4, -0.2) is 37.7 Å². The Morgan fingerprint density at radius 1 is 1.22 bits per heavy atom. The monoisotopic (exact) mass is 389 g/mol. The zero-order chi connectivity index (χ0) is 18.8. The van der Waals surface area contributed by atoms with Crippen molar-refractivity contribution in [2.24, 2.45) is 0 Å². The van der Waals surface area contributed by atoms with E-state index in [1.165, 1.54) is 23.9 Å². The van der Waals surface area contributed by atoms with Crippen LogP contribution in [0.15, 0.2) is 33.8 Å². The average molecular weight is 389 g/mol. The van der Waals surface area contributed by atoms with Crippen LogP contribution >= 0.6 is 11.8 Å². The van der Waals surface area contributed by atoms with Crippen LogP contribution in [0, 0.1) is 12.7 Å². The van der Waals surface area contributed by atoms with E-state index in [1.807, 2.05) is 11.5 Å². The minimum absolute atomic E-state index is 0.0697. The molecule has 0 amide bonds. The maximum absolute atomic E-state index is 13.3. The molecule has 0 spiro atoms. The van der Waals surface area contributed by atoms with Gasteiger partial charge in [0.15, 0.2) is 11.0 Å². The first-order valence-electron chi connectivity index (χ1n) is 8.87. The van der Waals surface area contributed by atoms with Crippen LogP contribution in [0.4, 0.5) is 4.39 Å². The summed E-state index contributed by atoms with van der Waals surface area (Å²) in [6.45, 7) is 5.18. The molecular formula is C18H20FN5O2S. The smallest absolute Gasteiger partial charge is 0.229 e. The standard InChI is InChI=1S/C18H20FN5O2S/c1-11(17-22-20-12(2)26-17)27-18-23-21-16(13-5-7-14(19)8-6-13)24(18)10-15-4-3-9-25-15/h5-8,11,15H,3-4,9-10H2,1-2H3/t11-,15+/m1/s1. The lowest BCUT2D eigenvalue weighted by Gasteiger charge is -2.15. The van der Waals surface area contributed by atoms with Gasteiger partial charge in [0.25, 0.3) is 0 Å². The fraction of sp³-hybridized carbons (Fsp3) is 0.444. The van der Waals surface area contributed by atoms with Crippen molar-refractivity contribution in [3.05, 3.63) is 41.9 Å². The summed E-state index contributed by atoms with van der Waals surface area (Å²) in [6, 6.07) is 6.28. The van der Waals surface area contributed by atoms with E-state index in [2.05, 4.69) is 20.4 Å². The molecule has 1 aliphatic heterocycles. The number of hydrogen-bond acceptors (Lipinski definition) is 7. The summed E-state index contributed by atoms with van der Waals surface area (Å²) >= 11 is 1.50. The topological polar surface area (TPSA) is 78.9 Å². The van der Waals surface area contributed by atoms with Crippen molar-refractivity contribution in [2.75, 3.05) is 6.61 Å². The number of aromatic nitrogens is 5. The lowest BCUT2D eigenvalue weighted by Crippen LogP contribution is -2.16. The molecule has 0 radical (unpaired) electrons. The van der Waals surface area contributed by atoms with Gasteiger partial charge in [-0.3, -0.25) is 4.57 Å². The van der Waals surface area contributed by atoms with Gasteiger partial charge in [0.05, 0.1) is 17.9 Å². The minimum Gasteiger partial charge on any atom is -0.424 e. The van der Waals surface area contributed by atoms with E-state index in [9.17, 15) is 4.39 Å². The summed E-state index contributed by atoms with van der Waals surface area (Å²) in [4.78, 5) is 0. The van der Waals surface area contributed by atoms with Gasteiger partial charge in [0.1, 0.15) is 5.82 Å². The molecule has 0 N–H and O–H groups in total. The van der Waals surface area contributed by atoms with Crippen molar-refractivity contribution in [3.8, 4) is 11.4 Å². The number of aryl methyl sites for hydroxylation is 1. The molecule has 0 unspecified atom stereocenters. The normalized spacial score (nSPS) is 18.1. The van der Waals surface area contributed by atoms with Crippen LogP contribution in [0.5, 0.6) is 0 Å². The highest BCUT2D eigenvalue weighted by atomic mass is 32.2. The van der Waals surface area contributed by atoms with Gasteiger partial charge < -0.3 is 9.15 Å². The molecule has 2 atom stereocenters. The van der Waals surface area contributed by atoms with Gasteiger partial charge in [-0.15, -0.1) is 20.4 Å². The summed E-state index contributed by atoms with van der Waals surface area (Å²) in [5.74, 6) is 1.50. The maximum Gasteiger partial charge on any atom is 0.229 e. The molecule has 27 heavy (non-hydrogen) atoms. The van der Waals surface area contributed by atoms with Crippen LogP contribution < -0.4 is 0 Å². The van der Waals surface area contributed by atoms with E-state index >= 15 is 0 Å². The van der Waals surface area contributed by atoms with E-state index in [0.717, 1.165) is 30.2 Å². The Hall–Kier alpha value is -2.26. The van der Waals surface area contributed by atoms with Crippen LogP contribution in [0.2, 0.25) is 0 Å². The molecule has 4 rings (SSSR count). The second kappa shape index (κ2) is 7.77. The van der Waals surface area contributed by atoms with Crippen LogP contribution in [0.3, 0.4) is 0 Å². The first-order chi connectivity index (χ1) is 13.1. The summed E-state index contributed by atoms with van der Waals surface area (Å²) in [6.07, 6.45) is 2.18. The van der Waals surface area contributed by atoms with Crippen LogP contribution in [0.25, 0.3) is 11.4 Å². The maximum atomic E-state index is 13.3. The van der Waals surface area contributed by atoms with E-state index in [-0.39, 0.29) is 17.2 Å². The first kappa shape index (κ1) is 18.1. The van der Waals surface area contributed by atoms with Crippen molar-refractivity contribution in [1.29, 1.82) is 0 Å². The van der Waals surface area contributed by atoms with Crippen molar-refractivity contribution >= 4 is 11.8 Å². The summed E-state index contributed by atoms with van der Waals surface area (Å²) in [5.41, 5.74) is 0.815. The molecule has 0 saturated carbocycles. The third-order valence-electron chi connectivity index (χ3n) is 4.40.